The molecule has 0 saturated carbocycles. The first kappa shape index (κ1) is 12.4. The van der Waals surface area contributed by atoms with E-state index in [-0.39, 0.29) is 5.41 Å². The van der Waals surface area contributed by atoms with Crippen molar-refractivity contribution in [1.82, 2.24) is 0 Å². The van der Waals surface area contributed by atoms with E-state index in [1.807, 2.05) is 24.3 Å². The molecule has 2 nitrogen and oxygen atoms in total. The quantitative estimate of drug-likeness (QED) is 0.764. The van der Waals surface area contributed by atoms with Gasteiger partial charge in [-0.2, -0.15) is 0 Å². The minimum Gasteiger partial charge on any atom is -0.497 e. The highest BCUT2D eigenvalue weighted by Gasteiger charge is 2.16. The fourth-order valence-electron chi connectivity index (χ4n) is 0.989. The summed E-state index contributed by atoms with van der Waals surface area (Å²) < 4.78 is 10.7. The van der Waals surface area contributed by atoms with Crippen molar-refractivity contribution in [2.45, 2.75) is 13.8 Å². The third-order valence-electron chi connectivity index (χ3n) is 2.05. The molecular formula is C12H17BrO2. The van der Waals surface area contributed by atoms with Crippen molar-refractivity contribution in [3.63, 3.8) is 0 Å². The Kier molecular flexibility index (Phi) is 4.45. The SMILES string of the molecule is COc1ccc(OCC(C)(C)CBr)cc1. The lowest BCUT2D eigenvalue weighted by Gasteiger charge is -2.21. The van der Waals surface area contributed by atoms with Crippen LogP contribution in [0.3, 0.4) is 0 Å². The molecule has 0 amide bonds. The Hall–Kier alpha value is -0.700. The third kappa shape index (κ3) is 4.12. The van der Waals surface area contributed by atoms with Crippen LogP contribution in [0.4, 0.5) is 0 Å². The molecule has 0 aliphatic rings. The molecule has 0 atom stereocenters. The number of hydrogen-bond acceptors (Lipinski definition) is 2. The fourth-order valence-corrected chi connectivity index (χ4v) is 1.15. The molecule has 0 unspecified atom stereocenters. The van der Waals surface area contributed by atoms with Gasteiger partial charge in [-0.3, -0.25) is 0 Å². The number of rotatable bonds is 5. The summed E-state index contributed by atoms with van der Waals surface area (Å²) in [6, 6.07) is 7.64. The maximum absolute atomic E-state index is 5.68. The maximum Gasteiger partial charge on any atom is 0.119 e. The van der Waals surface area contributed by atoms with Gasteiger partial charge in [0.2, 0.25) is 0 Å². The van der Waals surface area contributed by atoms with E-state index >= 15 is 0 Å². The largest absolute Gasteiger partial charge is 0.497 e. The van der Waals surface area contributed by atoms with Crippen LogP contribution in [0, 0.1) is 5.41 Å². The van der Waals surface area contributed by atoms with Crippen molar-refractivity contribution in [3.8, 4) is 11.5 Å². The summed E-state index contributed by atoms with van der Waals surface area (Å²) in [5, 5.41) is 0.927. The van der Waals surface area contributed by atoms with Gasteiger partial charge in [-0.25, -0.2) is 0 Å². The molecule has 0 spiro atoms. The van der Waals surface area contributed by atoms with Crippen LogP contribution < -0.4 is 9.47 Å². The van der Waals surface area contributed by atoms with Crippen molar-refractivity contribution >= 4 is 15.9 Å². The molecule has 15 heavy (non-hydrogen) atoms. The van der Waals surface area contributed by atoms with Crippen molar-refractivity contribution in [3.05, 3.63) is 24.3 Å². The standard InChI is InChI=1S/C12H17BrO2/c1-12(2,8-13)9-15-11-6-4-10(14-3)5-7-11/h4-7H,8-9H2,1-3H3. The van der Waals surface area contributed by atoms with E-state index in [1.165, 1.54) is 0 Å². The van der Waals surface area contributed by atoms with Gasteiger partial charge in [-0.15, -0.1) is 0 Å². The summed E-state index contributed by atoms with van der Waals surface area (Å²) in [6.45, 7) is 5.02. The highest BCUT2D eigenvalue weighted by atomic mass is 79.9. The summed E-state index contributed by atoms with van der Waals surface area (Å²) in [5.74, 6) is 1.73. The molecule has 3 heteroatoms. The third-order valence-corrected chi connectivity index (χ3v) is 3.57. The van der Waals surface area contributed by atoms with Gasteiger partial charge in [0.15, 0.2) is 0 Å². The fraction of sp³-hybridized carbons (Fsp3) is 0.500. The van der Waals surface area contributed by atoms with Crippen LogP contribution in [-0.2, 0) is 0 Å². The zero-order valence-corrected chi connectivity index (χ0v) is 11.0. The molecule has 0 saturated heterocycles. The Balaban J connectivity index is 2.51. The van der Waals surface area contributed by atoms with Crippen LogP contribution in [0.1, 0.15) is 13.8 Å². The smallest absolute Gasteiger partial charge is 0.119 e. The lowest BCUT2D eigenvalue weighted by atomic mass is 9.98. The molecule has 1 aromatic rings. The monoisotopic (exact) mass is 272 g/mol. The average molecular weight is 273 g/mol. The van der Waals surface area contributed by atoms with Crippen molar-refractivity contribution in [2.24, 2.45) is 5.41 Å². The Bertz CT molecular complexity index is 293. The van der Waals surface area contributed by atoms with Crippen LogP contribution in [0.15, 0.2) is 24.3 Å². The summed E-state index contributed by atoms with van der Waals surface area (Å²) in [6.07, 6.45) is 0. The van der Waals surface area contributed by atoms with E-state index < -0.39 is 0 Å². The van der Waals surface area contributed by atoms with E-state index in [0.29, 0.717) is 6.61 Å². The number of halogens is 1. The van der Waals surface area contributed by atoms with Crippen molar-refractivity contribution in [2.75, 3.05) is 19.0 Å². The predicted octanol–water partition coefficient (Wildman–Crippen LogP) is 3.50. The van der Waals surface area contributed by atoms with E-state index in [0.717, 1.165) is 16.8 Å². The topological polar surface area (TPSA) is 18.5 Å². The zero-order valence-electron chi connectivity index (χ0n) is 9.42. The molecule has 0 aliphatic heterocycles. The zero-order chi connectivity index (χ0) is 11.3. The first-order chi connectivity index (χ1) is 7.07. The van der Waals surface area contributed by atoms with Gasteiger partial charge < -0.3 is 9.47 Å². The van der Waals surface area contributed by atoms with Gasteiger partial charge in [-0.1, -0.05) is 29.8 Å². The molecule has 0 N–H and O–H groups in total. The first-order valence-electron chi connectivity index (χ1n) is 4.90. The van der Waals surface area contributed by atoms with Crippen LogP contribution in [-0.4, -0.2) is 19.0 Å². The van der Waals surface area contributed by atoms with E-state index in [2.05, 4.69) is 29.8 Å². The molecule has 0 fully saturated rings. The van der Waals surface area contributed by atoms with Gasteiger partial charge in [-0.05, 0) is 24.3 Å². The molecule has 1 rings (SSSR count). The summed E-state index contributed by atoms with van der Waals surface area (Å²) in [4.78, 5) is 0. The number of methoxy groups -OCH3 is 1. The van der Waals surface area contributed by atoms with Crippen LogP contribution in [0.2, 0.25) is 0 Å². The number of benzene rings is 1. The molecule has 0 bridgehead atoms. The Labute approximate surface area is 99.7 Å². The normalized spacial score (nSPS) is 11.2. The first-order valence-corrected chi connectivity index (χ1v) is 6.02. The van der Waals surface area contributed by atoms with Gasteiger partial charge in [0.1, 0.15) is 11.5 Å². The molecule has 0 radical (unpaired) electrons. The second-order valence-electron chi connectivity index (χ2n) is 4.26. The van der Waals surface area contributed by atoms with E-state index in [9.17, 15) is 0 Å². The Morgan fingerprint density at radius 2 is 1.67 bits per heavy atom. The van der Waals surface area contributed by atoms with Crippen LogP contribution in [0.25, 0.3) is 0 Å². The minimum absolute atomic E-state index is 0.153. The Morgan fingerprint density at radius 3 is 2.13 bits per heavy atom. The number of ether oxygens (including phenoxy) is 2. The van der Waals surface area contributed by atoms with Crippen LogP contribution in [0.5, 0.6) is 11.5 Å². The molecule has 0 heterocycles. The molecule has 0 aromatic heterocycles. The lowest BCUT2D eigenvalue weighted by molar-refractivity contribution is 0.203. The van der Waals surface area contributed by atoms with Crippen molar-refractivity contribution in [1.29, 1.82) is 0 Å². The summed E-state index contributed by atoms with van der Waals surface area (Å²) in [5.41, 5.74) is 0.153. The Morgan fingerprint density at radius 1 is 1.13 bits per heavy atom. The van der Waals surface area contributed by atoms with Gasteiger partial charge in [0.25, 0.3) is 0 Å². The summed E-state index contributed by atoms with van der Waals surface area (Å²) >= 11 is 3.47. The predicted molar refractivity (Wildman–Crippen MR) is 66.1 cm³/mol. The van der Waals surface area contributed by atoms with Crippen LogP contribution >= 0.6 is 15.9 Å². The molecule has 84 valence electrons. The van der Waals surface area contributed by atoms with Gasteiger partial charge >= 0.3 is 0 Å². The van der Waals surface area contributed by atoms with Gasteiger partial charge in [0.05, 0.1) is 13.7 Å². The van der Waals surface area contributed by atoms with E-state index in [1.54, 1.807) is 7.11 Å². The van der Waals surface area contributed by atoms with E-state index in [4.69, 9.17) is 9.47 Å². The number of hydrogen-bond donors (Lipinski definition) is 0. The lowest BCUT2D eigenvalue weighted by Crippen LogP contribution is -2.22. The van der Waals surface area contributed by atoms with Crippen molar-refractivity contribution < 1.29 is 9.47 Å². The minimum atomic E-state index is 0.153. The summed E-state index contributed by atoms with van der Waals surface area (Å²) in [7, 11) is 1.66. The maximum atomic E-state index is 5.68. The highest BCUT2D eigenvalue weighted by Crippen LogP contribution is 2.22. The second-order valence-corrected chi connectivity index (χ2v) is 4.82. The average Bonchev–Trinajstić information content (AvgIpc) is 2.27. The molecule has 0 aliphatic carbocycles. The second kappa shape index (κ2) is 5.40. The molecular weight excluding hydrogens is 256 g/mol. The molecule has 1 aromatic carbocycles. The number of alkyl halides is 1. The van der Waals surface area contributed by atoms with Gasteiger partial charge in [0, 0.05) is 10.7 Å². The highest BCUT2D eigenvalue weighted by molar-refractivity contribution is 9.09.